The van der Waals surface area contributed by atoms with Gasteiger partial charge in [0.05, 0.1) is 5.69 Å². The quantitative estimate of drug-likeness (QED) is 0.563. The summed E-state index contributed by atoms with van der Waals surface area (Å²) in [6.45, 7) is 3.02. The van der Waals surface area contributed by atoms with Crippen LogP contribution in [0, 0.1) is 0 Å². The second-order valence-electron chi connectivity index (χ2n) is 6.47. The van der Waals surface area contributed by atoms with E-state index >= 15 is 0 Å². The molecule has 9 heteroatoms. The number of rotatable bonds is 3. The van der Waals surface area contributed by atoms with Crippen LogP contribution in [0.4, 0.5) is 0 Å². The lowest BCUT2D eigenvalue weighted by molar-refractivity contribution is 0.205. The number of hydrogen-bond acceptors (Lipinski definition) is 6. The topological polar surface area (TPSA) is 75.0 Å². The summed E-state index contributed by atoms with van der Waals surface area (Å²) in [5.74, 6) is 0.431. The highest BCUT2D eigenvalue weighted by Crippen LogP contribution is 2.32. The van der Waals surface area contributed by atoms with E-state index in [2.05, 4.69) is 30.2 Å². The van der Waals surface area contributed by atoms with Gasteiger partial charge in [0.2, 0.25) is 0 Å². The third kappa shape index (κ3) is 2.63. The van der Waals surface area contributed by atoms with E-state index in [1.165, 1.54) is 4.88 Å². The van der Waals surface area contributed by atoms with Crippen molar-refractivity contribution in [2.24, 2.45) is 0 Å². The average molecular weight is 349 g/mol. The van der Waals surface area contributed by atoms with Crippen molar-refractivity contribution < 1.29 is 0 Å². The van der Waals surface area contributed by atoms with Gasteiger partial charge in [-0.3, -0.25) is 9.88 Å². The van der Waals surface area contributed by atoms with Crippen LogP contribution in [0.5, 0.6) is 0 Å². The van der Waals surface area contributed by atoms with Crippen molar-refractivity contribution in [3.63, 3.8) is 0 Å². The van der Waals surface area contributed by atoms with Crippen molar-refractivity contribution in [1.29, 1.82) is 0 Å². The normalized spacial score (nSPS) is 17.0. The van der Waals surface area contributed by atoms with Crippen molar-refractivity contribution in [2.75, 3.05) is 13.1 Å². The van der Waals surface area contributed by atoms with Gasteiger partial charge < -0.3 is 4.98 Å². The number of hydrogen-bond donors (Lipinski definition) is 1. The van der Waals surface area contributed by atoms with Crippen LogP contribution in [0.2, 0.25) is 0 Å². The molecule has 0 atom stereocenters. The fourth-order valence-corrected chi connectivity index (χ4v) is 4.40. The number of thiazole rings is 1. The summed E-state index contributed by atoms with van der Waals surface area (Å²) in [6.07, 6.45) is 7.69. The minimum Gasteiger partial charge on any atom is -0.346 e. The molecule has 0 amide bonds. The predicted molar refractivity (Wildman–Crippen MR) is 97.4 cm³/mol. The van der Waals surface area contributed by atoms with Crippen molar-refractivity contribution in [2.45, 2.75) is 25.3 Å². The first kappa shape index (κ1) is 15.0. The first-order valence-corrected chi connectivity index (χ1v) is 9.19. The molecule has 1 N–H and O–H groups in total. The standard InChI is InChI=1S/C16H16BN7S/c17-16-19-7-11(25-16)8-23-5-2-10(3-6-23)13-14-12-1-4-18-15(12)20-9-24(14)22-21-13/h1,4,7,9-10,18H,2-3,5-6,8H2. The predicted octanol–water partition coefficient (Wildman–Crippen LogP) is 1.24. The number of H-pyrrole nitrogens is 1. The maximum Gasteiger partial charge on any atom is 0.157 e. The zero-order valence-corrected chi connectivity index (χ0v) is 14.4. The molecule has 4 aromatic heterocycles. The number of nitrogens with zero attached hydrogens (tertiary/aromatic N) is 6. The molecule has 1 aliphatic heterocycles. The van der Waals surface area contributed by atoms with E-state index in [-0.39, 0.29) is 0 Å². The van der Waals surface area contributed by atoms with Crippen LogP contribution in [0.3, 0.4) is 0 Å². The van der Waals surface area contributed by atoms with Gasteiger partial charge in [-0.1, -0.05) is 5.21 Å². The Hall–Kier alpha value is -2.26. The van der Waals surface area contributed by atoms with Crippen molar-refractivity contribution in [3.05, 3.63) is 35.4 Å². The summed E-state index contributed by atoms with van der Waals surface area (Å²) in [5.41, 5.74) is 3.06. The van der Waals surface area contributed by atoms with Crippen LogP contribution in [0.15, 0.2) is 24.8 Å². The molecule has 0 spiro atoms. The second kappa shape index (κ2) is 5.92. The second-order valence-corrected chi connectivity index (χ2v) is 7.61. The molecule has 0 aliphatic carbocycles. The zero-order valence-electron chi connectivity index (χ0n) is 13.6. The smallest absolute Gasteiger partial charge is 0.157 e. The Balaban J connectivity index is 1.37. The Labute approximate surface area is 149 Å². The van der Waals surface area contributed by atoms with Crippen molar-refractivity contribution in [3.8, 4) is 0 Å². The highest BCUT2D eigenvalue weighted by Gasteiger charge is 2.26. The molecule has 0 bridgehead atoms. The van der Waals surface area contributed by atoms with E-state index in [4.69, 9.17) is 7.85 Å². The Bertz CT molecular complexity index is 1030. The average Bonchev–Trinajstić information content (AvgIpc) is 3.34. The van der Waals surface area contributed by atoms with E-state index in [1.54, 1.807) is 22.2 Å². The largest absolute Gasteiger partial charge is 0.346 e. The van der Waals surface area contributed by atoms with Crippen LogP contribution in [0.25, 0.3) is 16.6 Å². The molecule has 124 valence electrons. The van der Waals surface area contributed by atoms with Gasteiger partial charge in [-0.15, -0.1) is 16.4 Å². The SMILES string of the molecule is [B]c1ncc(CN2CCC(c3nnn4cnc5[nH]ccc5c34)CC2)s1. The minimum absolute atomic E-state index is 0.431. The van der Waals surface area contributed by atoms with Crippen LogP contribution in [0.1, 0.15) is 29.3 Å². The van der Waals surface area contributed by atoms with Crippen LogP contribution >= 0.6 is 11.3 Å². The summed E-state index contributed by atoms with van der Waals surface area (Å²) in [5, 5.41) is 9.83. The van der Waals surface area contributed by atoms with E-state index in [0.29, 0.717) is 10.8 Å². The lowest BCUT2D eigenvalue weighted by atomic mass is 9.92. The Morgan fingerprint density at radius 1 is 1.28 bits per heavy atom. The molecule has 1 fully saturated rings. The first-order valence-electron chi connectivity index (χ1n) is 8.37. The lowest BCUT2D eigenvalue weighted by Gasteiger charge is -2.30. The third-order valence-corrected chi connectivity index (χ3v) is 5.73. The molecular formula is C16H16BN7S. The van der Waals surface area contributed by atoms with E-state index in [9.17, 15) is 0 Å². The summed E-state index contributed by atoms with van der Waals surface area (Å²) in [6, 6.07) is 2.05. The van der Waals surface area contributed by atoms with Gasteiger partial charge in [-0.2, -0.15) is 0 Å². The van der Waals surface area contributed by atoms with Gasteiger partial charge in [0.25, 0.3) is 0 Å². The van der Waals surface area contributed by atoms with Crippen LogP contribution in [-0.4, -0.2) is 55.6 Å². The lowest BCUT2D eigenvalue weighted by Crippen LogP contribution is -2.32. The van der Waals surface area contributed by atoms with Gasteiger partial charge in [0.15, 0.2) is 7.85 Å². The zero-order chi connectivity index (χ0) is 16.8. The molecule has 5 rings (SSSR count). The van der Waals surface area contributed by atoms with Gasteiger partial charge in [-0.25, -0.2) is 9.50 Å². The summed E-state index contributed by atoms with van der Waals surface area (Å²) in [7, 11) is 5.72. The fourth-order valence-electron chi connectivity index (χ4n) is 3.67. The third-order valence-electron chi connectivity index (χ3n) is 4.92. The molecule has 1 saturated heterocycles. The van der Waals surface area contributed by atoms with Crippen molar-refractivity contribution >= 4 is 40.6 Å². The first-order chi connectivity index (χ1) is 12.3. The van der Waals surface area contributed by atoms with Crippen LogP contribution < -0.4 is 4.91 Å². The van der Waals surface area contributed by atoms with Gasteiger partial charge in [-0.05, 0) is 32.0 Å². The summed E-state index contributed by atoms with van der Waals surface area (Å²) < 4.78 is 1.79. The maximum atomic E-state index is 5.72. The van der Waals surface area contributed by atoms with Gasteiger partial charge in [0.1, 0.15) is 17.5 Å². The molecule has 5 heterocycles. The fraction of sp³-hybridized carbons (Fsp3) is 0.375. The molecule has 2 radical (unpaired) electrons. The number of fused-ring (bicyclic) bond motifs is 3. The molecule has 0 saturated carbocycles. The molecule has 0 unspecified atom stereocenters. The highest BCUT2D eigenvalue weighted by atomic mass is 32.1. The van der Waals surface area contributed by atoms with E-state index in [1.807, 2.05) is 18.5 Å². The molecular weight excluding hydrogens is 333 g/mol. The Kier molecular flexibility index (Phi) is 3.56. The molecule has 7 nitrogen and oxygen atoms in total. The van der Waals surface area contributed by atoms with Gasteiger partial charge in [0, 0.05) is 40.0 Å². The number of piperidine rings is 1. The van der Waals surface area contributed by atoms with Crippen molar-refractivity contribution in [1.82, 2.24) is 34.7 Å². The maximum absolute atomic E-state index is 5.72. The van der Waals surface area contributed by atoms with E-state index < -0.39 is 0 Å². The minimum atomic E-state index is 0.431. The van der Waals surface area contributed by atoms with E-state index in [0.717, 1.165) is 54.7 Å². The number of likely N-dealkylation sites (tertiary alicyclic amines) is 1. The highest BCUT2D eigenvalue weighted by molar-refractivity contribution is 7.19. The molecule has 4 aromatic rings. The monoisotopic (exact) mass is 349 g/mol. The molecule has 25 heavy (non-hydrogen) atoms. The summed E-state index contributed by atoms with van der Waals surface area (Å²) >= 11 is 1.57. The Morgan fingerprint density at radius 2 is 2.16 bits per heavy atom. The van der Waals surface area contributed by atoms with Gasteiger partial charge >= 0.3 is 0 Å². The van der Waals surface area contributed by atoms with Crippen LogP contribution in [-0.2, 0) is 6.54 Å². The summed E-state index contributed by atoms with van der Waals surface area (Å²) in [4.78, 5) is 16.0. The Morgan fingerprint density at radius 3 is 2.96 bits per heavy atom. The number of aromatic amines is 1. The number of aromatic nitrogens is 6. The molecule has 1 aliphatic rings. The molecule has 0 aromatic carbocycles. The number of nitrogens with one attached hydrogen (secondary N) is 1.